The molecule has 1 aliphatic rings. The van der Waals surface area contributed by atoms with Gasteiger partial charge in [-0.2, -0.15) is 4.98 Å². The summed E-state index contributed by atoms with van der Waals surface area (Å²) in [5, 5.41) is 3.75. The lowest BCUT2D eigenvalue weighted by molar-refractivity contribution is 0.0472. The predicted octanol–water partition coefficient (Wildman–Crippen LogP) is 3.64. The van der Waals surface area contributed by atoms with Crippen LogP contribution >= 0.6 is 0 Å². The topological polar surface area (TPSA) is 85.5 Å². The van der Waals surface area contributed by atoms with Gasteiger partial charge in [-0.1, -0.05) is 17.3 Å². The summed E-state index contributed by atoms with van der Waals surface area (Å²) in [7, 11) is 0. The number of aryl methyl sites for hydroxylation is 1. The number of esters is 1. The molecule has 4 rings (SSSR count). The molecule has 0 bridgehead atoms. The van der Waals surface area contributed by atoms with Crippen LogP contribution in [-0.2, 0) is 11.3 Å². The molecular weight excluding hydrogens is 370 g/mol. The number of amides is 1. The maximum atomic E-state index is 12.4. The van der Waals surface area contributed by atoms with E-state index in [-0.39, 0.29) is 12.5 Å². The third kappa shape index (κ3) is 4.34. The first-order valence-corrected chi connectivity index (χ1v) is 9.56. The van der Waals surface area contributed by atoms with E-state index in [4.69, 9.17) is 9.26 Å². The summed E-state index contributed by atoms with van der Waals surface area (Å²) in [5.41, 5.74) is 2.66. The Hall–Kier alpha value is -3.48. The first kappa shape index (κ1) is 18.9. The van der Waals surface area contributed by atoms with Gasteiger partial charge in [-0.3, -0.25) is 4.79 Å². The monoisotopic (exact) mass is 391 g/mol. The van der Waals surface area contributed by atoms with Gasteiger partial charge in [0.25, 0.3) is 11.8 Å². The highest BCUT2D eigenvalue weighted by atomic mass is 16.5. The summed E-state index contributed by atoms with van der Waals surface area (Å²) in [6, 6.07) is 14.0. The van der Waals surface area contributed by atoms with E-state index in [1.165, 1.54) is 0 Å². The predicted molar refractivity (Wildman–Crippen MR) is 105 cm³/mol. The minimum atomic E-state index is -0.421. The number of likely N-dealkylation sites (tertiary alicyclic amines) is 1. The summed E-state index contributed by atoms with van der Waals surface area (Å²) < 4.78 is 10.5. The van der Waals surface area contributed by atoms with E-state index in [9.17, 15) is 9.59 Å². The number of ether oxygens (including phenoxy) is 1. The van der Waals surface area contributed by atoms with Crippen LogP contribution < -0.4 is 0 Å². The van der Waals surface area contributed by atoms with Crippen LogP contribution in [0.1, 0.15) is 44.9 Å². The van der Waals surface area contributed by atoms with Gasteiger partial charge in [0.2, 0.25) is 0 Å². The third-order valence-corrected chi connectivity index (χ3v) is 4.86. The summed E-state index contributed by atoms with van der Waals surface area (Å²) in [6.07, 6.45) is 2.13. The van der Waals surface area contributed by atoms with Crippen molar-refractivity contribution in [2.24, 2.45) is 0 Å². The lowest BCUT2D eigenvalue weighted by Gasteiger charge is -2.15. The van der Waals surface area contributed by atoms with Crippen molar-refractivity contribution in [3.05, 3.63) is 71.0 Å². The highest BCUT2D eigenvalue weighted by molar-refractivity contribution is 5.94. The van der Waals surface area contributed by atoms with Crippen LogP contribution in [0.5, 0.6) is 0 Å². The fourth-order valence-electron chi connectivity index (χ4n) is 3.24. The molecule has 1 saturated heterocycles. The lowest BCUT2D eigenvalue weighted by Crippen LogP contribution is -2.27. The summed E-state index contributed by atoms with van der Waals surface area (Å²) >= 11 is 0. The van der Waals surface area contributed by atoms with Crippen LogP contribution in [0.3, 0.4) is 0 Å². The molecule has 7 heteroatoms. The molecule has 0 spiro atoms. The number of rotatable bonds is 5. The molecule has 0 unspecified atom stereocenters. The smallest absolute Gasteiger partial charge is 0.338 e. The number of nitrogens with zero attached hydrogens (tertiary/aromatic N) is 3. The van der Waals surface area contributed by atoms with Crippen molar-refractivity contribution in [1.82, 2.24) is 15.0 Å². The zero-order valence-corrected chi connectivity index (χ0v) is 16.1. The molecule has 3 aromatic rings. The molecule has 0 atom stereocenters. The first-order valence-electron chi connectivity index (χ1n) is 9.56. The van der Waals surface area contributed by atoms with Gasteiger partial charge in [-0.15, -0.1) is 0 Å². The van der Waals surface area contributed by atoms with E-state index < -0.39 is 5.97 Å². The van der Waals surface area contributed by atoms with Gasteiger partial charge in [-0.25, -0.2) is 4.79 Å². The molecule has 7 nitrogen and oxygen atoms in total. The van der Waals surface area contributed by atoms with Crippen molar-refractivity contribution in [3.8, 4) is 11.5 Å². The van der Waals surface area contributed by atoms with Crippen molar-refractivity contribution in [2.45, 2.75) is 26.4 Å². The summed E-state index contributed by atoms with van der Waals surface area (Å²) in [6.45, 7) is 3.53. The fourth-order valence-corrected chi connectivity index (χ4v) is 3.24. The van der Waals surface area contributed by atoms with Crippen LogP contribution in [0.15, 0.2) is 53.1 Å². The highest BCUT2D eigenvalue weighted by Gasteiger charge is 2.19. The molecule has 148 valence electrons. The summed E-state index contributed by atoms with van der Waals surface area (Å²) in [5.74, 6) is 0.598. The molecule has 0 N–H and O–H groups in total. The summed E-state index contributed by atoms with van der Waals surface area (Å²) in [4.78, 5) is 30.7. The average Bonchev–Trinajstić information content (AvgIpc) is 3.44. The maximum Gasteiger partial charge on any atom is 0.338 e. The van der Waals surface area contributed by atoms with Crippen molar-refractivity contribution in [3.63, 3.8) is 0 Å². The Morgan fingerprint density at radius 2 is 1.66 bits per heavy atom. The van der Waals surface area contributed by atoms with Crippen molar-refractivity contribution >= 4 is 11.9 Å². The van der Waals surface area contributed by atoms with Crippen molar-refractivity contribution in [1.29, 1.82) is 0 Å². The van der Waals surface area contributed by atoms with Gasteiger partial charge in [0.05, 0.1) is 5.56 Å². The van der Waals surface area contributed by atoms with Gasteiger partial charge in [0, 0.05) is 24.2 Å². The van der Waals surface area contributed by atoms with E-state index in [0.29, 0.717) is 22.8 Å². The van der Waals surface area contributed by atoms with Gasteiger partial charge >= 0.3 is 5.97 Å². The minimum absolute atomic E-state index is 0.0579. The van der Waals surface area contributed by atoms with Gasteiger partial charge in [-0.05, 0) is 61.7 Å². The van der Waals surface area contributed by atoms with E-state index in [2.05, 4.69) is 10.1 Å². The average molecular weight is 391 g/mol. The Kier molecular flexibility index (Phi) is 5.37. The highest BCUT2D eigenvalue weighted by Crippen LogP contribution is 2.18. The van der Waals surface area contributed by atoms with E-state index >= 15 is 0 Å². The van der Waals surface area contributed by atoms with Crippen LogP contribution in [-0.4, -0.2) is 40.0 Å². The normalized spacial score (nSPS) is 13.5. The molecule has 1 fully saturated rings. The second-order valence-corrected chi connectivity index (χ2v) is 7.00. The molecule has 2 aromatic carbocycles. The number of benzene rings is 2. The Morgan fingerprint density at radius 3 is 2.28 bits per heavy atom. The molecule has 1 aromatic heterocycles. The zero-order valence-electron chi connectivity index (χ0n) is 16.1. The minimum Gasteiger partial charge on any atom is -0.457 e. The van der Waals surface area contributed by atoms with Crippen LogP contribution in [0, 0.1) is 6.92 Å². The number of carbonyl (C=O) groups is 2. The SMILES string of the molecule is Cc1noc(-c2ccc(C(=O)OCc3ccc(C(=O)N4CCCC4)cc3)cc2)n1. The van der Waals surface area contributed by atoms with Gasteiger partial charge in [0.1, 0.15) is 6.61 Å². The van der Waals surface area contributed by atoms with Gasteiger partial charge < -0.3 is 14.2 Å². The quantitative estimate of drug-likeness (QED) is 0.617. The fraction of sp³-hybridized carbons (Fsp3) is 0.273. The molecule has 0 aliphatic carbocycles. The van der Waals surface area contributed by atoms with Crippen LogP contribution in [0.4, 0.5) is 0 Å². The van der Waals surface area contributed by atoms with Crippen molar-refractivity contribution in [2.75, 3.05) is 13.1 Å². The second-order valence-electron chi connectivity index (χ2n) is 7.00. The van der Waals surface area contributed by atoms with E-state index in [1.54, 1.807) is 43.3 Å². The molecule has 0 radical (unpaired) electrons. The Morgan fingerprint density at radius 1 is 1.00 bits per heavy atom. The Bertz CT molecular complexity index is 1000. The lowest BCUT2D eigenvalue weighted by atomic mass is 10.1. The number of carbonyl (C=O) groups excluding carboxylic acids is 2. The van der Waals surface area contributed by atoms with Gasteiger partial charge in [0.15, 0.2) is 5.82 Å². The molecule has 0 saturated carbocycles. The van der Waals surface area contributed by atoms with Crippen molar-refractivity contribution < 1.29 is 18.8 Å². The van der Waals surface area contributed by atoms with E-state index in [1.807, 2.05) is 17.0 Å². The standard InChI is InChI=1S/C22H21N3O4/c1-15-23-20(29-24-15)17-8-10-19(11-9-17)22(27)28-14-16-4-6-18(7-5-16)21(26)25-12-2-3-13-25/h4-11H,2-3,12-14H2,1H3. The zero-order chi connectivity index (χ0) is 20.2. The molecule has 1 amide bonds. The maximum absolute atomic E-state index is 12.4. The second kappa shape index (κ2) is 8.26. The van der Waals surface area contributed by atoms with Crippen LogP contribution in [0.25, 0.3) is 11.5 Å². The number of hydrogen-bond acceptors (Lipinski definition) is 6. The van der Waals surface area contributed by atoms with Crippen LogP contribution in [0.2, 0.25) is 0 Å². The number of aromatic nitrogens is 2. The largest absolute Gasteiger partial charge is 0.457 e. The first-order chi connectivity index (χ1) is 14.1. The Labute approximate surface area is 168 Å². The van der Waals surface area contributed by atoms with E-state index in [0.717, 1.165) is 37.1 Å². The molecule has 2 heterocycles. The Balaban J connectivity index is 1.33. The third-order valence-electron chi connectivity index (χ3n) is 4.86. The molecular formula is C22H21N3O4. The molecule has 1 aliphatic heterocycles. The number of hydrogen-bond donors (Lipinski definition) is 0. The molecule has 29 heavy (non-hydrogen) atoms.